The molecular formula is C14H30OSn. The third-order valence-corrected chi connectivity index (χ3v) is 7.71. The Labute approximate surface area is 107 Å². The molecule has 0 amide bonds. The van der Waals surface area contributed by atoms with Crippen LogP contribution in [0.2, 0.25) is 19.3 Å². The SMILES string of the molecule is C=C[C@@H](C)[C@H](COC(C)(C)C)[CH2][Sn]([CH3])([CH3])[CH3]. The Morgan fingerprint density at radius 3 is 2.06 bits per heavy atom. The molecule has 0 saturated carbocycles. The van der Waals surface area contributed by atoms with E-state index in [4.69, 9.17) is 4.74 Å². The van der Waals surface area contributed by atoms with Crippen molar-refractivity contribution in [3.05, 3.63) is 12.7 Å². The van der Waals surface area contributed by atoms with Crippen LogP contribution >= 0.6 is 0 Å². The summed E-state index contributed by atoms with van der Waals surface area (Å²) in [6, 6.07) is 0. The summed E-state index contributed by atoms with van der Waals surface area (Å²) in [6.45, 7) is 13.5. The van der Waals surface area contributed by atoms with E-state index >= 15 is 0 Å². The molecule has 2 heteroatoms. The minimum atomic E-state index is -1.73. The van der Waals surface area contributed by atoms with E-state index < -0.39 is 18.4 Å². The van der Waals surface area contributed by atoms with Gasteiger partial charge in [-0.15, -0.1) is 0 Å². The van der Waals surface area contributed by atoms with Crippen molar-refractivity contribution < 1.29 is 4.74 Å². The molecule has 0 aliphatic heterocycles. The molecule has 0 aromatic rings. The Balaban J connectivity index is 4.39. The van der Waals surface area contributed by atoms with Gasteiger partial charge in [-0.05, 0) is 0 Å². The topological polar surface area (TPSA) is 9.23 Å². The molecule has 0 unspecified atom stereocenters. The van der Waals surface area contributed by atoms with Gasteiger partial charge in [0.25, 0.3) is 0 Å². The van der Waals surface area contributed by atoms with Gasteiger partial charge in [0, 0.05) is 0 Å². The van der Waals surface area contributed by atoms with Crippen molar-refractivity contribution in [1.82, 2.24) is 0 Å². The summed E-state index contributed by atoms with van der Waals surface area (Å²) in [5.74, 6) is 1.23. The number of allylic oxidation sites excluding steroid dienone is 1. The summed E-state index contributed by atoms with van der Waals surface area (Å²) in [5.41, 5.74) is -0.0213. The normalized spacial score (nSPS) is 16.9. The minimum absolute atomic E-state index is 0.0213. The molecule has 96 valence electrons. The summed E-state index contributed by atoms with van der Waals surface area (Å²) >= 11 is -1.73. The Morgan fingerprint density at radius 2 is 1.75 bits per heavy atom. The predicted molar refractivity (Wildman–Crippen MR) is 76.7 cm³/mol. The molecule has 0 radical (unpaired) electrons. The van der Waals surface area contributed by atoms with Crippen LogP contribution in [0.25, 0.3) is 0 Å². The van der Waals surface area contributed by atoms with E-state index in [1.807, 2.05) is 0 Å². The molecule has 0 fully saturated rings. The summed E-state index contributed by atoms with van der Waals surface area (Å²) in [5, 5.41) is 0. The van der Waals surface area contributed by atoms with Crippen molar-refractivity contribution in [2.45, 2.75) is 52.6 Å². The van der Waals surface area contributed by atoms with Gasteiger partial charge in [-0.25, -0.2) is 0 Å². The molecule has 0 N–H and O–H groups in total. The van der Waals surface area contributed by atoms with Crippen molar-refractivity contribution in [2.24, 2.45) is 11.8 Å². The standard InChI is InChI=1S/C11H21O.3CH3.Sn/c1-7-9(2)10(3)8-12-11(4,5)6;;;;/h7,9-10H,1,3,8H2,2,4-6H3;3*1H3;/t9-,10+;;;;/m1..../s1. The van der Waals surface area contributed by atoms with E-state index in [0.717, 1.165) is 6.61 Å². The number of hydrogen-bond donors (Lipinski definition) is 0. The van der Waals surface area contributed by atoms with Crippen LogP contribution in [0.1, 0.15) is 27.7 Å². The maximum atomic E-state index is 5.95. The molecule has 2 atom stereocenters. The monoisotopic (exact) mass is 334 g/mol. The van der Waals surface area contributed by atoms with Crippen LogP contribution in [0.4, 0.5) is 0 Å². The summed E-state index contributed by atoms with van der Waals surface area (Å²) in [7, 11) is 0. The molecule has 0 bridgehead atoms. The zero-order valence-corrected chi connectivity index (χ0v) is 15.1. The van der Waals surface area contributed by atoms with E-state index in [-0.39, 0.29) is 5.60 Å². The quantitative estimate of drug-likeness (QED) is 0.511. The van der Waals surface area contributed by atoms with Crippen LogP contribution in [0.5, 0.6) is 0 Å². The average molecular weight is 333 g/mol. The van der Waals surface area contributed by atoms with Gasteiger partial charge in [-0.1, -0.05) is 0 Å². The van der Waals surface area contributed by atoms with Crippen LogP contribution in [0, 0.1) is 11.8 Å². The first kappa shape index (κ1) is 16.5. The molecule has 0 aromatic heterocycles. The number of ether oxygens (including phenoxy) is 1. The van der Waals surface area contributed by atoms with Crippen molar-refractivity contribution in [3.8, 4) is 0 Å². The molecular weight excluding hydrogens is 303 g/mol. The fraction of sp³-hybridized carbons (Fsp3) is 0.857. The van der Waals surface area contributed by atoms with E-state index in [1.165, 1.54) is 4.44 Å². The van der Waals surface area contributed by atoms with Gasteiger partial charge in [0.1, 0.15) is 0 Å². The molecule has 0 aromatic carbocycles. The van der Waals surface area contributed by atoms with Crippen LogP contribution in [0.3, 0.4) is 0 Å². The number of hydrogen-bond acceptors (Lipinski definition) is 1. The second-order valence-corrected chi connectivity index (χ2v) is 22.8. The number of rotatable bonds is 6. The van der Waals surface area contributed by atoms with Crippen molar-refractivity contribution in [1.29, 1.82) is 0 Å². The van der Waals surface area contributed by atoms with Crippen LogP contribution in [-0.4, -0.2) is 30.6 Å². The molecule has 16 heavy (non-hydrogen) atoms. The van der Waals surface area contributed by atoms with Crippen LogP contribution < -0.4 is 0 Å². The van der Waals surface area contributed by atoms with E-state index in [9.17, 15) is 0 Å². The van der Waals surface area contributed by atoms with Crippen LogP contribution in [0.15, 0.2) is 12.7 Å². The fourth-order valence-electron chi connectivity index (χ4n) is 1.73. The van der Waals surface area contributed by atoms with Gasteiger partial charge in [0.15, 0.2) is 0 Å². The van der Waals surface area contributed by atoms with Crippen molar-refractivity contribution in [3.63, 3.8) is 0 Å². The maximum absolute atomic E-state index is 5.95. The van der Waals surface area contributed by atoms with Gasteiger partial charge < -0.3 is 0 Å². The zero-order valence-electron chi connectivity index (χ0n) is 12.3. The Kier molecular flexibility index (Phi) is 6.64. The molecule has 0 heterocycles. The predicted octanol–water partition coefficient (Wildman–Crippen LogP) is 4.58. The van der Waals surface area contributed by atoms with Crippen LogP contribution in [-0.2, 0) is 4.74 Å². The molecule has 0 rings (SSSR count). The summed E-state index contributed by atoms with van der Waals surface area (Å²) in [4.78, 5) is 7.48. The first-order chi connectivity index (χ1) is 7.05. The molecule has 0 aliphatic carbocycles. The van der Waals surface area contributed by atoms with Gasteiger partial charge >= 0.3 is 107 Å². The second-order valence-electron chi connectivity index (χ2n) is 7.04. The summed E-state index contributed by atoms with van der Waals surface area (Å²) in [6.07, 6.45) is 2.08. The van der Waals surface area contributed by atoms with E-state index in [1.54, 1.807) is 0 Å². The van der Waals surface area contributed by atoms with Gasteiger partial charge in [0.2, 0.25) is 0 Å². The first-order valence-electron chi connectivity index (χ1n) is 6.32. The fourth-order valence-corrected chi connectivity index (χ4v) is 7.62. The van der Waals surface area contributed by atoms with Gasteiger partial charge in [-0.2, -0.15) is 0 Å². The van der Waals surface area contributed by atoms with Gasteiger partial charge in [-0.3, -0.25) is 0 Å². The zero-order chi connectivity index (χ0) is 13.0. The van der Waals surface area contributed by atoms with Crippen molar-refractivity contribution >= 4 is 18.4 Å². The molecule has 0 aliphatic rings. The third-order valence-electron chi connectivity index (χ3n) is 2.72. The first-order valence-corrected chi connectivity index (χ1v) is 16.9. The van der Waals surface area contributed by atoms with E-state index in [0.29, 0.717) is 11.8 Å². The molecule has 0 saturated heterocycles. The third kappa shape index (κ3) is 8.63. The second kappa shape index (κ2) is 6.44. The molecule has 0 spiro atoms. The Bertz CT molecular complexity index is 210. The molecule has 1 nitrogen and oxygen atoms in total. The Hall–Kier alpha value is 0.499. The van der Waals surface area contributed by atoms with E-state index in [2.05, 4.69) is 55.2 Å². The van der Waals surface area contributed by atoms with Crippen molar-refractivity contribution in [2.75, 3.05) is 6.61 Å². The average Bonchev–Trinajstić information content (AvgIpc) is 2.07. The van der Waals surface area contributed by atoms with Gasteiger partial charge in [0.05, 0.1) is 0 Å². The Morgan fingerprint density at radius 1 is 1.25 bits per heavy atom. The summed E-state index contributed by atoms with van der Waals surface area (Å²) < 4.78 is 7.33.